The lowest BCUT2D eigenvalue weighted by atomic mass is 10.2. The number of methoxy groups -OCH3 is 1. The van der Waals surface area contributed by atoms with Crippen molar-refractivity contribution >= 4 is 39.1 Å². The van der Waals surface area contributed by atoms with Crippen LogP contribution < -0.4 is 10.2 Å². The van der Waals surface area contributed by atoms with Gasteiger partial charge in [0.25, 0.3) is 0 Å². The van der Waals surface area contributed by atoms with E-state index in [1.165, 1.54) is 19.5 Å². The van der Waals surface area contributed by atoms with E-state index in [9.17, 15) is 4.79 Å². The maximum atomic E-state index is 11.8. The van der Waals surface area contributed by atoms with Gasteiger partial charge in [-0.05, 0) is 34.1 Å². The lowest BCUT2D eigenvalue weighted by Crippen LogP contribution is -2.36. The van der Waals surface area contributed by atoms with Crippen LogP contribution in [0.5, 0.6) is 0 Å². The number of rotatable bonds is 4. The van der Waals surface area contributed by atoms with E-state index in [4.69, 9.17) is 9.47 Å². The van der Waals surface area contributed by atoms with Gasteiger partial charge in [-0.3, -0.25) is 0 Å². The number of nitrogens with one attached hydrogen (secondary N) is 1. The molecular weight excluding hydrogens is 376 g/mol. The van der Waals surface area contributed by atoms with Crippen LogP contribution in [-0.4, -0.2) is 49.4 Å². The predicted octanol–water partition coefficient (Wildman–Crippen LogP) is 2.61. The Balaban J connectivity index is 1.82. The standard InChI is InChI=1S/C16H17BrN4O3/c1-23-16(22)14-15(19-5-4-18-14)20-13-3-2-11(10-12(13)17)21-6-8-24-9-7-21/h2-5,10H,6-9H2,1H3,(H,19,20). The third kappa shape index (κ3) is 3.65. The number of hydrogen-bond acceptors (Lipinski definition) is 7. The topological polar surface area (TPSA) is 76.6 Å². The summed E-state index contributed by atoms with van der Waals surface area (Å²) in [6.07, 6.45) is 2.97. The molecule has 7 nitrogen and oxygen atoms in total. The number of esters is 1. The molecule has 0 unspecified atom stereocenters. The molecule has 0 radical (unpaired) electrons. The van der Waals surface area contributed by atoms with Crippen LogP contribution in [0.2, 0.25) is 0 Å². The van der Waals surface area contributed by atoms with Crippen molar-refractivity contribution in [1.29, 1.82) is 0 Å². The quantitative estimate of drug-likeness (QED) is 0.801. The molecule has 0 atom stereocenters. The van der Waals surface area contributed by atoms with Gasteiger partial charge >= 0.3 is 5.97 Å². The Bertz CT molecular complexity index is 735. The molecule has 24 heavy (non-hydrogen) atoms. The van der Waals surface area contributed by atoms with Crippen LogP contribution in [0.25, 0.3) is 0 Å². The van der Waals surface area contributed by atoms with Gasteiger partial charge in [-0.15, -0.1) is 0 Å². The summed E-state index contributed by atoms with van der Waals surface area (Å²) in [5.74, 6) is -0.184. The molecular formula is C16H17BrN4O3. The number of morpholine rings is 1. The molecule has 1 aliphatic heterocycles. The number of nitrogens with zero attached hydrogens (tertiary/aromatic N) is 3. The minimum Gasteiger partial charge on any atom is -0.464 e. The molecule has 0 amide bonds. The van der Waals surface area contributed by atoms with E-state index in [2.05, 4.69) is 36.1 Å². The number of hydrogen-bond donors (Lipinski definition) is 1. The zero-order valence-corrected chi connectivity index (χ0v) is 14.7. The summed E-state index contributed by atoms with van der Waals surface area (Å²) < 4.78 is 11.0. The van der Waals surface area contributed by atoms with Crippen LogP contribution in [0, 0.1) is 0 Å². The average molecular weight is 393 g/mol. The summed E-state index contributed by atoms with van der Waals surface area (Å²) in [5, 5.41) is 3.12. The Morgan fingerprint density at radius 3 is 2.75 bits per heavy atom. The fourth-order valence-corrected chi connectivity index (χ4v) is 2.89. The molecule has 2 aromatic rings. The Kier molecular flexibility index (Phi) is 5.27. The van der Waals surface area contributed by atoms with Crippen molar-refractivity contribution in [1.82, 2.24) is 9.97 Å². The van der Waals surface area contributed by atoms with Gasteiger partial charge < -0.3 is 19.7 Å². The van der Waals surface area contributed by atoms with E-state index in [1.807, 2.05) is 18.2 Å². The van der Waals surface area contributed by atoms with Crippen molar-refractivity contribution in [2.24, 2.45) is 0 Å². The maximum Gasteiger partial charge on any atom is 0.360 e. The van der Waals surface area contributed by atoms with Crippen LogP contribution in [0.15, 0.2) is 35.1 Å². The second-order valence-corrected chi connectivity index (χ2v) is 5.99. The molecule has 126 valence electrons. The lowest BCUT2D eigenvalue weighted by Gasteiger charge is -2.29. The maximum absolute atomic E-state index is 11.8. The van der Waals surface area contributed by atoms with Crippen LogP contribution in [-0.2, 0) is 9.47 Å². The molecule has 8 heteroatoms. The van der Waals surface area contributed by atoms with Gasteiger partial charge in [-0.25, -0.2) is 14.8 Å². The Labute approximate surface area is 148 Å². The summed E-state index contributed by atoms with van der Waals surface area (Å²) in [6, 6.07) is 5.99. The third-order valence-corrected chi connectivity index (χ3v) is 4.32. The normalized spacial score (nSPS) is 14.3. The van der Waals surface area contributed by atoms with Gasteiger partial charge in [0.1, 0.15) is 0 Å². The highest BCUT2D eigenvalue weighted by Crippen LogP contribution is 2.30. The average Bonchev–Trinajstić information content (AvgIpc) is 2.64. The highest BCUT2D eigenvalue weighted by atomic mass is 79.9. The molecule has 3 rings (SSSR count). The summed E-state index contributed by atoms with van der Waals surface area (Å²) in [6.45, 7) is 3.21. The number of halogens is 1. The smallest absolute Gasteiger partial charge is 0.360 e. The number of anilines is 3. The number of aromatic nitrogens is 2. The van der Waals surface area contributed by atoms with Crippen molar-refractivity contribution in [2.75, 3.05) is 43.6 Å². The Hall–Kier alpha value is -2.19. The first-order valence-electron chi connectivity index (χ1n) is 7.47. The zero-order valence-electron chi connectivity index (χ0n) is 13.2. The van der Waals surface area contributed by atoms with Gasteiger partial charge in [-0.2, -0.15) is 0 Å². The molecule has 1 aliphatic rings. The second-order valence-electron chi connectivity index (χ2n) is 5.13. The van der Waals surface area contributed by atoms with E-state index >= 15 is 0 Å². The van der Waals surface area contributed by atoms with E-state index in [0.29, 0.717) is 5.82 Å². The van der Waals surface area contributed by atoms with E-state index in [0.717, 1.165) is 42.2 Å². The number of carbonyl (C=O) groups excluding carboxylic acids is 1. The molecule has 1 fully saturated rings. The molecule has 0 aliphatic carbocycles. The second kappa shape index (κ2) is 7.59. The van der Waals surface area contributed by atoms with Crippen molar-refractivity contribution in [3.63, 3.8) is 0 Å². The first-order valence-corrected chi connectivity index (χ1v) is 8.27. The minimum atomic E-state index is -0.536. The van der Waals surface area contributed by atoms with Gasteiger partial charge in [0.05, 0.1) is 26.0 Å². The highest BCUT2D eigenvalue weighted by Gasteiger charge is 2.17. The molecule has 1 aromatic carbocycles. The number of carbonyl (C=O) groups is 1. The molecule has 1 aromatic heterocycles. The summed E-state index contributed by atoms with van der Waals surface area (Å²) >= 11 is 3.57. The molecule has 2 heterocycles. The predicted molar refractivity (Wildman–Crippen MR) is 93.8 cm³/mol. The largest absolute Gasteiger partial charge is 0.464 e. The van der Waals surface area contributed by atoms with E-state index in [-0.39, 0.29) is 5.69 Å². The summed E-state index contributed by atoms with van der Waals surface area (Å²) in [4.78, 5) is 22.2. The lowest BCUT2D eigenvalue weighted by molar-refractivity contribution is 0.0595. The third-order valence-electron chi connectivity index (χ3n) is 3.66. The van der Waals surface area contributed by atoms with Crippen LogP contribution >= 0.6 is 15.9 Å². The van der Waals surface area contributed by atoms with Gasteiger partial charge in [0.2, 0.25) is 0 Å². The van der Waals surface area contributed by atoms with Crippen molar-refractivity contribution in [3.8, 4) is 0 Å². The van der Waals surface area contributed by atoms with Crippen molar-refractivity contribution in [3.05, 3.63) is 40.8 Å². The Morgan fingerprint density at radius 2 is 2.04 bits per heavy atom. The Morgan fingerprint density at radius 1 is 1.29 bits per heavy atom. The minimum absolute atomic E-state index is 0.143. The SMILES string of the molecule is COC(=O)c1nccnc1Nc1ccc(N2CCOCC2)cc1Br. The first kappa shape index (κ1) is 16.7. The number of ether oxygens (including phenoxy) is 2. The zero-order chi connectivity index (χ0) is 16.9. The van der Waals surface area contributed by atoms with Gasteiger partial charge in [0.15, 0.2) is 11.5 Å². The van der Waals surface area contributed by atoms with E-state index < -0.39 is 5.97 Å². The molecule has 1 N–H and O–H groups in total. The monoisotopic (exact) mass is 392 g/mol. The van der Waals surface area contributed by atoms with Crippen LogP contribution in [0.3, 0.4) is 0 Å². The van der Waals surface area contributed by atoms with Gasteiger partial charge in [-0.1, -0.05) is 0 Å². The van der Waals surface area contributed by atoms with Crippen LogP contribution in [0.1, 0.15) is 10.5 Å². The first-order chi connectivity index (χ1) is 11.7. The summed E-state index contributed by atoms with van der Waals surface area (Å²) in [7, 11) is 1.31. The number of benzene rings is 1. The molecule has 0 spiro atoms. The van der Waals surface area contributed by atoms with Gasteiger partial charge in [0, 0.05) is 35.6 Å². The van der Waals surface area contributed by atoms with E-state index in [1.54, 1.807) is 0 Å². The molecule has 1 saturated heterocycles. The summed E-state index contributed by atoms with van der Waals surface area (Å²) in [5.41, 5.74) is 2.05. The highest BCUT2D eigenvalue weighted by molar-refractivity contribution is 9.10. The van der Waals surface area contributed by atoms with Crippen LogP contribution in [0.4, 0.5) is 17.2 Å². The fraction of sp³-hybridized carbons (Fsp3) is 0.312. The fourth-order valence-electron chi connectivity index (χ4n) is 2.43. The van der Waals surface area contributed by atoms with Crippen molar-refractivity contribution < 1.29 is 14.3 Å². The molecule has 0 saturated carbocycles. The van der Waals surface area contributed by atoms with Crippen molar-refractivity contribution in [2.45, 2.75) is 0 Å². The molecule has 0 bridgehead atoms.